The van der Waals surface area contributed by atoms with Crippen LogP contribution in [0.4, 0.5) is 0 Å². The first-order chi connectivity index (χ1) is 8.49. The average Bonchev–Trinajstić information content (AvgIpc) is 3.02. The monoisotopic (exact) mass is 265 g/mol. The van der Waals surface area contributed by atoms with E-state index in [-0.39, 0.29) is 11.1 Å². The number of rotatable bonds is 3. The molecule has 1 N–H and O–H groups in total. The number of hydrogen-bond acceptors (Lipinski definition) is 3. The lowest BCUT2D eigenvalue weighted by Crippen LogP contribution is -2.26. The third kappa shape index (κ3) is 1.81. The number of imidazole rings is 1. The second-order valence-electron chi connectivity index (χ2n) is 4.77. The molecule has 3 rings (SSSR count). The molecule has 18 heavy (non-hydrogen) atoms. The molecule has 5 nitrogen and oxygen atoms in total. The Morgan fingerprint density at radius 2 is 2.11 bits per heavy atom. The largest absolute Gasteiger partial charge is 0.302 e. The molecule has 0 unspecified atom stereocenters. The van der Waals surface area contributed by atoms with Crippen molar-refractivity contribution in [2.75, 3.05) is 0 Å². The Morgan fingerprint density at radius 3 is 2.78 bits per heavy atom. The van der Waals surface area contributed by atoms with E-state index in [4.69, 9.17) is 0 Å². The molecule has 96 valence electrons. The fraction of sp³-hybridized carbons (Fsp3) is 0.417. The molecule has 0 aliphatic heterocycles. The van der Waals surface area contributed by atoms with Gasteiger partial charge in [-0.15, -0.1) is 0 Å². The summed E-state index contributed by atoms with van der Waals surface area (Å²) in [6, 6.07) is 3.88. The highest BCUT2D eigenvalue weighted by molar-refractivity contribution is 7.89. The predicted molar refractivity (Wildman–Crippen MR) is 68.0 cm³/mol. The van der Waals surface area contributed by atoms with Crippen molar-refractivity contribution in [1.82, 2.24) is 14.1 Å². The standard InChI is InChI=1S/C12H15N3O2S/c1-8-4-3-7-15-9(2)13-12(11(8)15)18(16,17)14-10-5-6-10/h3-4,7,10,14H,5-6H2,1-2H3. The minimum atomic E-state index is -3.51. The molecule has 0 radical (unpaired) electrons. The van der Waals surface area contributed by atoms with Crippen molar-refractivity contribution in [2.24, 2.45) is 0 Å². The quantitative estimate of drug-likeness (QED) is 0.912. The van der Waals surface area contributed by atoms with Crippen LogP contribution >= 0.6 is 0 Å². The molecule has 0 atom stereocenters. The number of fused-ring (bicyclic) bond motifs is 1. The first-order valence-electron chi connectivity index (χ1n) is 5.95. The Morgan fingerprint density at radius 1 is 1.39 bits per heavy atom. The normalized spacial score (nSPS) is 16.3. The van der Waals surface area contributed by atoms with Gasteiger partial charge in [-0.3, -0.25) is 0 Å². The van der Waals surface area contributed by atoms with Crippen molar-refractivity contribution in [1.29, 1.82) is 0 Å². The van der Waals surface area contributed by atoms with Gasteiger partial charge in [0, 0.05) is 12.2 Å². The molecule has 2 aromatic rings. The van der Waals surface area contributed by atoms with Crippen molar-refractivity contribution >= 4 is 15.5 Å². The SMILES string of the molecule is Cc1cccn2c(C)nc(S(=O)(=O)NC3CC3)c12. The zero-order valence-electron chi connectivity index (χ0n) is 10.3. The molecule has 0 saturated heterocycles. The smallest absolute Gasteiger partial charge is 0.260 e. The van der Waals surface area contributed by atoms with Gasteiger partial charge in [-0.2, -0.15) is 0 Å². The second kappa shape index (κ2) is 3.80. The summed E-state index contributed by atoms with van der Waals surface area (Å²) in [6.07, 6.45) is 3.67. The maximum atomic E-state index is 12.3. The van der Waals surface area contributed by atoms with Crippen LogP contribution in [0.1, 0.15) is 24.2 Å². The Labute approximate surface area is 106 Å². The van der Waals surface area contributed by atoms with Gasteiger partial charge in [0.05, 0.1) is 5.52 Å². The van der Waals surface area contributed by atoms with E-state index in [0.717, 1.165) is 18.4 Å². The molecule has 1 aliphatic carbocycles. The van der Waals surface area contributed by atoms with Gasteiger partial charge < -0.3 is 4.40 Å². The van der Waals surface area contributed by atoms with E-state index in [9.17, 15) is 8.42 Å². The molecule has 0 amide bonds. The molecule has 0 spiro atoms. The van der Waals surface area contributed by atoms with E-state index in [1.54, 1.807) is 0 Å². The number of pyridine rings is 1. The van der Waals surface area contributed by atoms with Crippen molar-refractivity contribution in [3.8, 4) is 0 Å². The summed E-state index contributed by atoms with van der Waals surface area (Å²) in [5.74, 6) is 0.685. The van der Waals surface area contributed by atoms with Gasteiger partial charge >= 0.3 is 0 Å². The van der Waals surface area contributed by atoms with Gasteiger partial charge in [-0.05, 0) is 38.3 Å². The summed E-state index contributed by atoms with van der Waals surface area (Å²) >= 11 is 0. The summed E-state index contributed by atoms with van der Waals surface area (Å²) in [6.45, 7) is 3.70. The molecule has 1 saturated carbocycles. The predicted octanol–water partition coefficient (Wildman–Crippen LogP) is 1.39. The highest BCUT2D eigenvalue weighted by Crippen LogP contribution is 2.25. The summed E-state index contributed by atoms with van der Waals surface area (Å²) in [4.78, 5) is 4.22. The number of nitrogens with one attached hydrogen (secondary N) is 1. The maximum absolute atomic E-state index is 12.3. The van der Waals surface area contributed by atoms with Crippen LogP contribution < -0.4 is 4.72 Å². The number of sulfonamides is 1. The van der Waals surface area contributed by atoms with Crippen LogP contribution in [0, 0.1) is 13.8 Å². The number of aryl methyl sites for hydroxylation is 2. The first-order valence-corrected chi connectivity index (χ1v) is 7.44. The third-order valence-electron chi connectivity index (χ3n) is 3.16. The van der Waals surface area contributed by atoms with Gasteiger partial charge in [-0.1, -0.05) is 6.07 Å². The Hall–Kier alpha value is -1.40. The third-order valence-corrected chi connectivity index (χ3v) is 4.60. The Bertz CT molecular complexity index is 714. The molecule has 2 aromatic heterocycles. The van der Waals surface area contributed by atoms with E-state index in [0.29, 0.717) is 11.3 Å². The van der Waals surface area contributed by atoms with Gasteiger partial charge in [0.15, 0.2) is 5.03 Å². The van der Waals surface area contributed by atoms with Crippen LogP contribution in [0.2, 0.25) is 0 Å². The fourth-order valence-corrected chi connectivity index (χ4v) is 3.63. The summed E-state index contributed by atoms with van der Waals surface area (Å²) < 4.78 is 29.0. The van der Waals surface area contributed by atoms with Crippen LogP contribution in [-0.4, -0.2) is 23.8 Å². The minimum absolute atomic E-state index is 0.0936. The van der Waals surface area contributed by atoms with Crippen LogP contribution in [0.3, 0.4) is 0 Å². The van der Waals surface area contributed by atoms with E-state index < -0.39 is 10.0 Å². The Kier molecular flexibility index (Phi) is 2.46. The molecule has 1 fully saturated rings. The zero-order chi connectivity index (χ0) is 12.9. The molecular weight excluding hydrogens is 250 g/mol. The first kappa shape index (κ1) is 11.7. The summed E-state index contributed by atoms with van der Waals surface area (Å²) in [5.41, 5.74) is 1.58. The molecule has 0 bridgehead atoms. The van der Waals surface area contributed by atoms with Crippen LogP contribution in [0.5, 0.6) is 0 Å². The average molecular weight is 265 g/mol. The number of nitrogens with zero attached hydrogens (tertiary/aromatic N) is 2. The van der Waals surface area contributed by atoms with Crippen LogP contribution in [-0.2, 0) is 10.0 Å². The fourth-order valence-electron chi connectivity index (χ4n) is 2.08. The van der Waals surface area contributed by atoms with E-state index >= 15 is 0 Å². The van der Waals surface area contributed by atoms with Gasteiger partial charge in [0.2, 0.25) is 0 Å². The number of hydrogen-bond donors (Lipinski definition) is 1. The van der Waals surface area contributed by atoms with Gasteiger partial charge in [-0.25, -0.2) is 18.1 Å². The summed E-state index contributed by atoms with van der Waals surface area (Å²) in [5, 5.41) is 0.144. The van der Waals surface area contributed by atoms with Crippen molar-refractivity contribution in [3.05, 3.63) is 29.7 Å². The van der Waals surface area contributed by atoms with Crippen LogP contribution in [0.25, 0.3) is 5.52 Å². The van der Waals surface area contributed by atoms with Gasteiger partial charge in [0.25, 0.3) is 10.0 Å². The number of aromatic nitrogens is 2. The van der Waals surface area contributed by atoms with E-state index in [1.807, 2.05) is 36.6 Å². The van der Waals surface area contributed by atoms with Crippen molar-refractivity contribution < 1.29 is 8.42 Å². The topological polar surface area (TPSA) is 63.5 Å². The zero-order valence-corrected chi connectivity index (χ0v) is 11.2. The van der Waals surface area contributed by atoms with E-state index in [1.165, 1.54) is 0 Å². The lowest BCUT2D eigenvalue weighted by Gasteiger charge is -2.04. The van der Waals surface area contributed by atoms with Crippen molar-refractivity contribution in [2.45, 2.75) is 37.8 Å². The minimum Gasteiger partial charge on any atom is -0.302 e. The van der Waals surface area contributed by atoms with Crippen molar-refractivity contribution in [3.63, 3.8) is 0 Å². The molecular formula is C12H15N3O2S. The molecule has 6 heteroatoms. The van der Waals surface area contributed by atoms with E-state index in [2.05, 4.69) is 9.71 Å². The lowest BCUT2D eigenvalue weighted by molar-refractivity contribution is 0.578. The molecule has 1 aliphatic rings. The second-order valence-corrected chi connectivity index (χ2v) is 6.40. The van der Waals surface area contributed by atoms with Crippen LogP contribution in [0.15, 0.2) is 23.4 Å². The van der Waals surface area contributed by atoms with Gasteiger partial charge in [0.1, 0.15) is 5.82 Å². The molecule has 2 heterocycles. The Balaban J connectivity index is 2.22. The molecule has 0 aromatic carbocycles. The maximum Gasteiger partial charge on any atom is 0.260 e. The lowest BCUT2D eigenvalue weighted by atomic mass is 10.3. The highest BCUT2D eigenvalue weighted by atomic mass is 32.2. The highest BCUT2D eigenvalue weighted by Gasteiger charge is 2.31. The summed E-state index contributed by atoms with van der Waals surface area (Å²) in [7, 11) is -3.51.